The number of rotatable bonds is 3. The fourth-order valence-corrected chi connectivity index (χ4v) is 6.96. The average Bonchev–Trinajstić information content (AvgIpc) is 3.56. The number of hydrogen-bond acceptors (Lipinski definition) is 5. The van der Waals surface area contributed by atoms with Gasteiger partial charge in [-0.3, -0.25) is 23.7 Å². The SMILES string of the molecule is [2H]C([2H])([2H])c1cc2nc(C(C)(C)C)ccc2c2nc(N(c3nc4c5ccc(C(C)(C)C)nc5cc(C([2H])([2H])[2H])n4c3C)c3c(C)cc(C)cc3C)c(C)n12. The van der Waals surface area contributed by atoms with Crippen molar-refractivity contribution in [1.29, 1.82) is 0 Å². The standard InChI is InChI=1S/C41H47N7/c1-22-18-23(2)35(24(3)19-22)48(36-27(6)46-25(4)20-31-29(38(46)44-36)14-16-33(42-31)40(8,9)10)37-28(7)47-26(5)21-32-30(39(47)45-37)15-17-34(43-32)41(11,12)13/h14-21H,1-13H3/i4D3,5D3. The maximum absolute atomic E-state index is 8.63. The summed E-state index contributed by atoms with van der Waals surface area (Å²) in [6.07, 6.45) is 0. The molecule has 0 N–H and O–H groups in total. The molecule has 0 fully saturated rings. The summed E-state index contributed by atoms with van der Waals surface area (Å²) in [4.78, 5) is 22.4. The molecule has 48 heavy (non-hydrogen) atoms. The van der Waals surface area contributed by atoms with Gasteiger partial charge in [0.1, 0.15) is 11.3 Å². The Morgan fingerprint density at radius 2 is 1.00 bits per heavy atom. The van der Waals surface area contributed by atoms with Crippen LogP contribution in [0.15, 0.2) is 48.5 Å². The van der Waals surface area contributed by atoms with E-state index in [1.165, 1.54) is 0 Å². The Labute approximate surface area is 292 Å². The first-order chi connectivity index (χ1) is 24.9. The highest BCUT2D eigenvalue weighted by Crippen LogP contribution is 2.43. The minimum Gasteiger partial charge on any atom is -0.299 e. The molecule has 0 saturated heterocycles. The van der Waals surface area contributed by atoms with E-state index in [9.17, 15) is 0 Å². The van der Waals surface area contributed by atoms with Crippen molar-refractivity contribution in [3.05, 3.63) is 99.4 Å². The lowest BCUT2D eigenvalue weighted by Crippen LogP contribution is -2.16. The van der Waals surface area contributed by atoms with Crippen LogP contribution in [0.2, 0.25) is 0 Å². The molecular weight excluding hydrogens is 591 g/mol. The summed E-state index contributed by atoms with van der Waals surface area (Å²) in [5.74, 6) is 0.949. The molecule has 0 aliphatic carbocycles. The van der Waals surface area contributed by atoms with E-state index in [1.807, 2.05) is 63.8 Å². The van der Waals surface area contributed by atoms with Gasteiger partial charge in [0.05, 0.1) is 28.1 Å². The van der Waals surface area contributed by atoms with Crippen LogP contribution in [0, 0.1) is 48.3 Å². The van der Waals surface area contributed by atoms with E-state index < -0.39 is 13.7 Å². The second-order valence-electron chi connectivity index (χ2n) is 15.3. The van der Waals surface area contributed by atoms with Gasteiger partial charge in [0, 0.05) is 52.6 Å². The van der Waals surface area contributed by atoms with Gasteiger partial charge in [-0.2, -0.15) is 0 Å². The lowest BCUT2D eigenvalue weighted by Gasteiger charge is -2.26. The summed E-state index contributed by atoms with van der Waals surface area (Å²) in [5, 5.41) is 1.43. The molecule has 0 aliphatic rings. The van der Waals surface area contributed by atoms with Crippen molar-refractivity contribution in [3.8, 4) is 0 Å². The van der Waals surface area contributed by atoms with Crippen molar-refractivity contribution < 1.29 is 8.22 Å². The first kappa shape index (κ1) is 25.3. The van der Waals surface area contributed by atoms with Gasteiger partial charge >= 0.3 is 0 Å². The molecule has 0 unspecified atom stereocenters. The Morgan fingerprint density at radius 3 is 1.38 bits per heavy atom. The summed E-state index contributed by atoms with van der Waals surface area (Å²) in [6.45, 7) is 17.3. The van der Waals surface area contributed by atoms with Crippen molar-refractivity contribution in [2.45, 2.75) is 101 Å². The van der Waals surface area contributed by atoms with Crippen LogP contribution in [-0.4, -0.2) is 28.7 Å². The molecule has 0 bridgehead atoms. The first-order valence-corrected chi connectivity index (χ1v) is 16.4. The van der Waals surface area contributed by atoms with Crippen LogP contribution < -0.4 is 4.90 Å². The molecule has 7 nitrogen and oxygen atoms in total. The number of anilines is 3. The maximum atomic E-state index is 8.63. The minimum atomic E-state index is -2.49. The van der Waals surface area contributed by atoms with Crippen molar-refractivity contribution in [1.82, 2.24) is 28.7 Å². The van der Waals surface area contributed by atoms with Gasteiger partial charge < -0.3 is 0 Å². The molecule has 0 atom stereocenters. The van der Waals surface area contributed by atoms with Gasteiger partial charge in [-0.15, -0.1) is 0 Å². The van der Waals surface area contributed by atoms with E-state index in [0.29, 0.717) is 56.1 Å². The summed E-state index contributed by atoms with van der Waals surface area (Å²) in [6, 6.07) is 15.4. The number of fused-ring (bicyclic) bond motifs is 6. The van der Waals surface area contributed by atoms with Crippen molar-refractivity contribution in [2.75, 3.05) is 4.90 Å². The Kier molecular flexibility index (Phi) is 5.59. The predicted octanol–water partition coefficient (Wildman–Crippen LogP) is 10.3. The summed E-state index contributed by atoms with van der Waals surface area (Å²) in [5.41, 5.74) is 8.37. The zero-order chi connectivity index (χ0) is 39.6. The van der Waals surface area contributed by atoms with E-state index in [2.05, 4.69) is 53.7 Å². The van der Waals surface area contributed by atoms with Gasteiger partial charge in [0.2, 0.25) is 0 Å². The second kappa shape index (κ2) is 10.6. The lowest BCUT2D eigenvalue weighted by molar-refractivity contribution is 0.571. The van der Waals surface area contributed by atoms with Crippen LogP contribution in [0.4, 0.5) is 17.3 Å². The third-order valence-electron chi connectivity index (χ3n) is 9.34. The van der Waals surface area contributed by atoms with Crippen LogP contribution in [0.5, 0.6) is 0 Å². The van der Waals surface area contributed by atoms with Crippen LogP contribution in [-0.2, 0) is 10.8 Å². The third kappa shape index (κ3) is 4.85. The number of nitrogens with zero attached hydrogens (tertiary/aromatic N) is 7. The molecule has 7 rings (SSSR count). The lowest BCUT2D eigenvalue weighted by atomic mass is 9.91. The Hall–Kier alpha value is -4.78. The van der Waals surface area contributed by atoms with Crippen LogP contribution >= 0.6 is 0 Å². The zero-order valence-electron chi connectivity index (χ0n) is 35.7. The fourth-order valence-electron chi connectivity index (χ4n) is 6.96. The molecule has 0 radical (unpaired) electrons. The van der Waals surface area contributed by atoms with Crippen molar-refractivity contribution in [2.24, 2.45) is 0 Å². The summed E-state index contributed by atoms with van der Waals surface area (Å²) in [7, 11) is 0. The first-order valence-electron chi connectivity index (χ1n) is 19.4. The van der Waals surface area contributed by atoms with Crippen LogP contribution in [0.1, 0.15) is 101 Å². The molecule has 7 heteroatoms. The average molecular weight is 644 g/mol. The molecule has 0 amide bonds. The van der Waals surface area contributed by atoms with Gasteiger partial charge in [-0.25, -0.2) is 9.97 Å². The quantitative estimate of drug-likeness (QED) is 0.192. The van der Waals surface area contributed by atoms with Gasteiger partial charge in [-0.05, 0) is 95.8 Å². The Bertz CT molecular complexity index is 2490. The number of hydrogen-bond donors (Lipinski definition) is 0. The molecule has 0 saturated carbocycles. The number of aromatic nitrogens is 6. The number of aryl methyl sites for hydroxylation is 7. The molecule has 6 aromatic heterocycles. The van der Waals surface area contributed by atoms with Gasteiger partial charge in [-0.1, -0.05) is 59.2 Å². The largest absolute Gasteiger partial charge is 0.299 e. The highest BCUT2D eigenvalue weighted by Gasteiger charge is 2.29. The molecule has 246 valence electrons. The Morgan fingerprint density at radius 1 is 0.583 bits per heavy atom. The molecular formula is C41H47N7. The monoisotopic (exact) mass is 643 g/mol. The molecule has 0 spiro atoms. The van der Waals surface area contributed by atoms with E-state index in [1.54, 1.807) is 20.9 Å². The molecule has 7 aromatic rings. The second-order valence-corrected chi connectivity index (χ2v) is 15.3. The van der Waals surface area contributed by atoms with Gasteiger partial charge in [0.25, 0.3) is 0 Å². The van der Waals surface area contributed by atoms with E-state index in [-0.39, 0.29) is 22.2 Å². The van der Waals surface area contributed by atoms with Crippen LogP contribution in [0.25, 0.3) is 33.1 Å². The molecule has 6 heterocycles. The number of benzene rings is 1. The van der Waals surface area contributed by atoms with Gasteiger partial charge in [0.15, 0.2) is 11.6 Å². The predicted molar refractivity (Wildman–Crippen MR) is 200 cm³/mol. The zero-order valence-corrected chi connectivity index (χ0v) is 29.7. The molecule has 0 aliphatic heterocycles. The van der Waals surface area contributed by atoms with Crippen LogP contribution in [0.3, 0.4) is 0 Å². The fraction of sp³-hybridized carbons (Fsp3) is 0.366. The molecule has 1 aromatic carbocycles. The number of pyridine rings is 4. The summed E-state index contributed by atoms with van der Waals surface area (Å²) < 4.78 is 55.2. The topological polar surface area (TPSA) is 63.6 Å². The van der Waals surface area contributed by atoms with Crippen molar-refractivity contribution in [3.63, 3.8) is 0 Å². The minimum absolute atomic E-state index is 0.0974. The highest BCUT2D eigenvalue weighted by molar-refractivity contribution is 5.96. The van der Waals surface area contributed by atoms with Crippen molar-refractivity contribution >= 4 is 50.4 Å². The van der Waals surface area contributed by atoms with E-state index in [4.69, 9.17) is 28.2 Å². The van der Waals surface area contributed by atoms with E-state index in [0.717, 1.165) is 33.8 Å². The summed E-state index contributed by atoms with van der Waals surface area (Å²) >= 11 is 0. The number of imidazole rings is 2. The Balaban J connectivity index is 1.63. The normalized spacial score (nSPS) is 15.1. The smallest absolute Gasteiger partial charge is 0.161 e. The third-order valence-corrected chi connectivity index (χ3v) is 9.34. The maximum Gasteiger partial charge on any atom is 0.161 e. The highest BCUT2D eigenvalue weighted by atomic mass is 15.3. The van der Waals surface area contributed by atoms with E-state index >= 15 is 0 Å².